The Balaban J connectivity index is 0.000000660. The molecule has 3 heterocycles. The summed E-state index contributed by atoms with van der Waals surface area (Å²) in [7, 11) is 0. The number of nitrogens with one attached hydrogen (secondary N) is 2. The Bertz CT molecular complexity index is 1280. The van der Waals surface area contributed by atoms with E-state index in [1.165, 1.54) is 24.0 Å². The molecule has 0 saturated carbocycles. The molecule has 3 aromatic heterocycles. The van der Waals surface area contributed by atoms with Crippen molar-refractivity contribution in [2.45, 2.75) is 88.5 Å². The molecule has 0 aliphatic carbocycles. The fourth-order valence-corrected chi connectivity index (χ4v) is 3.53. The van der Waals surface area contributed by atoms with E-state index in [1.807, 2.05) is 33.0 Å². The number of anilines is 1. The second kappa shape index (κ2) is 18.6. The van der Waals surface area contributed by atoms with Gasteiger partial charge in [-0.2, -0.15) is 0 Å². The summed E-state index contributed by atoms with van der Waals surface area (Å²) < 4.78 is 2.13. The maximum absolute atomic E-state index is 4.99. The van der Waals surface area contributed by atoms with Crippen LogP contribution >= 0.6 is 0 Å². The van der Waals surface area contributed by atoms with Gasteiger partial charge < -0.3 is 10.6 Å². The highest BCUT2D eigenvalue weighted by Crippen LogP contribution is 2.32. The van der Waals surface area contributed by atoms with Crippen LogP contribution in [0, 0.1) is 12.3 Å². The predicted molar refractivity (Wildman–Crippen MR) is 180 cm³/mol. The zero-order chi connectivity index (χ0) is 30.8. The van der Waals surface area contributed by atoms with Crippen molar-refractivity contribution in [3.8, 4) is 22.6 Å². The first-order valence-corrected chi connectivity index (χ1v) is 15.2. The molecule has 6 nitrogen and oxygen atoms in total. The summed E-state index contributed by atoms with van der Waals surface area (Å²) in [5.41, 5.74) is 7.43. The van der Waals surface area contributed by atoms with Crippen LogP contribution in [0.1, 0.15) is 86.3 Å². The normalized spacial score (nSPS) is 10.3. The van der Waals surface area contributed by atoms with E-state index in [4.69, 9.17) is 9.97 Å². The van der Waals surface area contributed by atoms with Crippen LogP contribution in [-0.4, -0.2) is 32.4 Å². The average Bonchev–Trinajstić information content (AvgIpc) is 3.37. The lowest BCUT2D eigenvalue weighted by Gasteiger charge is -2.18. The number of aryl methyl sites for hydroxylation is 2. The number of hydrogen-bond acceptors (Lipinski definition) is 5. The topological polar surface area (TPSA) is 67.1 Å². The van der Waals surface area contributed by atoms with Crippen LogP contribution in [0.5, 0.6) is 0 Å². The van der Waals surface area contributed by atoms with Gasteiger partial charge in [-0.15, -0.1) is 0 Å². The predicted octanol–water partition coefficient (Wildman–Crippen LogP) is 9.36. The molecule has 0 saturated heterocycles. The molecular formula is C35H54N6. The van der Waals surface area contributed by atoms with Gasteiger partial charge in [0.05, 0.1) is 17.1 Å². The Kier molecular flexibility index (Phi) is 16.1. The van der Waals surface area contributed by atoms with Gasteiger partial charge in [0.15, 0.2) is 0 Å². The summed E-state index contributed by atoms with van der Waals surface area (Å²) in [5, 5.41) is 6.24. The van der Waals surface area contributed by atoms with Gasteiger partial charge in [-0.3, -0.25) is 4.40 Å². The Morgan fingerprint density at radius 3 is 2.10 bits per heavy atom. The van der Waals surface area contributed by atoms with Gasteiger partial charge in [0.2, 0.25) is 5.95 Å². The third kappa shape index (κ3) is 11.8. The Morgan fingerprint density at radius 2 is 1.59 bits per heavy atom. The van der Waals surface area contributed by atoms with Crippen LogP contribution < -0.4 is 10.6 Å². The summed E-state index contributed by atoms with van der Waals surface area (Å²) in [6.45, 7) is 26.4. The van der Waals surface area contributed by atoms with Crippen molar-refractivity contribution in [1.82, 2.24) is 24.7 Å². The van der Waals surface area contributed by atoms with Crippen molar-refractivity contribution < 1.29 is 0 Å². The number of unbranched alkanes of at least 4 members (excludes halogenated alkanes) is 1. The Morgan fingerprint density at radius 1 is 0.927 bits per heavy atom. The zero-order valence-corrected chi connectivity index (χ0v) is 27.3. The lowest BCUT2D eigenvalue weighted by atomic mass is 9.97. The van der Waals surface area contributed by atoms with Crippen molar-refractivity contribution >= 4 is 11.6 Å². The van der Waals surface area contributed by atoms with E-state index < -0.39 is 0 Å². The molecule has 0 unspecified atom stereocenters. The summed E-state index contributed by atoms with van der Waals surface area (Å²) in [6, 6.07) is 14.8. The van der Waals surface area contributed by atoms with Gasteiger partial charge in [-0.1, -0.05) is 105 Å². The summed E-state index contributed by atoms with van der Waals surface area (Å²) in [6.07, 6.45) is 9.21. The van der Waals surface area contributed by atoms with E-state index in [0.29, 0.717) is 5.95 Å². The van der Waals surface area contributed by atoms with E-state index in [2.05, 4.69) is 118 Å². The third-order valence-electron chi connectivity index (χ3n) is 5.95. The van der Waals surface area contributed by atoms with Gasteiger partial charge in [-0.05, 0) is 55.6 Å². The monoisotopic (exact) mass is 558 g/mol. The van der Waals surface area contributed by atoms with Crippen LogP contribution in [0.25, 0.3) is 28.3 Å². The first-order valence-electron chi connectivity index (χ1n) is 15.2. The number of nitrogens with zero attached hydrogens (tertiary/aromatic N) is 4. The van der Waals surface area contributed by atoms with E-state index in [0.717, 1.165) is 47.8 Å². The van der Waals surface area contributed by atoms with Gasteiger partial charge in [0.1, 0.15) is 5.65 Å². The molecule has 2 N–H and O–H groups in total. The smallest absolute Gasteiger partial charge is 0.223 e. The van der Waals surface area contributed by atoms with E-state index >= 15 is 0 Å². The van der Waals surface area contributed by atoms with Crippen molar-refractivity contribution in [1.29, 1.82) is 0 Å². The fourth-order valence-electron chi connectivity index (χ4n) is 3.53. The van der Waals surface area contributed by atoms with Crippen LogP contribution in [0.2, 0.25) is 0 Å². The molecule has 0 radical (unpaired) electrons. The SMILES string of the molecule is C=CNCC.CC.CCCC.CCc1ccn2c(-c3ccnc(NCC(C)(C)C)n3)c(-c3ccc(C)cc3)nc2c1. The molecule has 0 bridgehead atoms. The van der Waals surface area contributed by atoms with Crippen molar-refractivity contribution in [3.63, 3.8) is 0 Å². The molecule has 224 valence electrons. The second-order valence-electron chi connectivity index (χ2n) is 10.7. The minimum Gasteiger partial charge on any atom is -0.392 e. The first kappa shape index (κ1) is 35.4. The molecule has 1 aromatic carbocycles. The molecule has 0 atom stereocenters. The van der Waals surface area contributed by atoms with Gasteiger partial charge in [0, 0.05) is 31.0 Å². The number of benzene rings is 1. The maximum atomic E-state index is 4.99. The van der Waals surface area contributed by atoms with Crippen LogP contribution in [-0.2, 0) is 6.42 Å². The van der Waals surface area contributed by atoms with Gasteiger partial charge >= 0.3 is 0 Å². The average molecular weight is 559 g/mol. The number of rotatable bonds is 8. The second-order valence-corrected chi connectivity index (χ2v) is 10.7. The molecule has 0 aliphatic heterocycles. The van der Waals surface area contributed by atoms with Crippen molar-refractivity contribution in [2.75, 3.05) is 18.4 Å². The van der Waals surface area contributed by atoms with Crippen LogP contribution in [0.4, 0.5) is 5.95 Å². The molecule has 0 fully saturated rings. The minimum atomic E-state index is 0.145. The summed E-state index contributed by atoms with van der Waals surface area (Å²) in [5.74, 6) is 0.636. The standard InChI is InChI=1S/C25H29N5.C4H9N.C4H10.C2H6/c1-6-18-12-14-30-21(15-18)29-22(19-9-7-17(2)8-10-19)23(30)20-11-13-26-24(28-20)27-16-25(3,4)5;1-3-5-4-2;1-3-4-2;1-2/h7-15H,6,16H2,1-5H3,(H,26,27,28);3,5H,1,4H2,2H3;3-4H2,1-2H3;1-2H3. The van der Waals surface area contributed by atoms with Crippen LogP contribution in [0.15, 0.2) is 67.6 Å². The number of fused-ring (bicyclic) bond motifs is 1. The molecule has 6 heteroatoms. The molecule has 0 spiro atoms. The van der Waals surface area contributed by atoms with Gasteiger partial charge in [-0.25, -0.2) is 15.0 Å². The lowest BCUT2D eigenvalue weighted by molar-refractivity contribution is 0.442. The first-order chi connectivity index (χ1) is 19.7. The summed E-state index contributed by atoms with van der Waals surface area (Å²) >= 11 is 0. The molecular weight excluding hydrogens is 504 g/mol. The van der Waals surface area contributed by atoms with Crippen molar-refractivity contribution in [3.05, 3.63) is 78.8 Å². The lowest BCUT2D eigenvalue weighted by Crippen LogP contribution is -2.20. The molecule has 0 aliphatic rings. The zero-order valence-electron chi connectivity index (χ0n) is 27.3. The van der Waals surface area contributed by atoms with Crippen molar-refractivity contribution in [2.24, 2.45) is 5.41 Å². The quantitative estimate of drug-likeness (QED) is 0.225. The Hall–Kier alpha value is -3.67. The largest absolute Gasteiger partial charge is 0.392 e. The van der Waals surface area contributed by atoms with E-state index in [1.54, 1.807) is 6.20 Å². The van der Waals surface area contributed by atoms with E-state index in [9.17, 15) is 0 Å². The number of imidazole rings is 1. The third-order valence-corrected chi connectivity index (χ3v) is 5.95. The summed E-state index contributed by atoms with van der Waals surface area (Å²) in [4.78, 5) is 14.2. The highest BCUT2D eigenvalue weighted by atomic mass is 15.1. The fraction of sp³-hybridized carbons (Fsp3) is 0.457. The van der Waals surface area contributed by atoms with Crippen LogP contribution in [0.3, 0.4) is 0 Å². The molecule has 0 amide bonds. The number of aromatic nitrogens is 4. The highest BCUT2D eigenvalue weighted by molar-refractivity contribution is 5.81. The maximum Gasteiger partial charge on any atom is 0.223 e. The molecule has 4 aromatic rings. The number of pyridine rings is 1. The minimum absolute atomic E-state index is 0.145. The Labute approximate surface area is 249 Å². The molecule has 41 heavy (non-hydrogen) atoms. The highest BCUT2D eigenvalue weighted by Gasteiger charge is 2.18. The number of hydrogen-bond donors (Lipinski definition) is 2. The van der Waals surface area contributed by atoms with Gasteiger partial charge in [0.25, 0.3) is 0 Å². The molecule has 4 rings (SSSR count). The van der Waals surface area contributed by atoms with E-state index in [-0.39, 0.29) is 5.41 Å².